The first-order valence-corrected chi connectivity index (χ1v) is 2.69. The predicted molar refractivity (Wildman–Crippen MR) is 40.9 cm³/mol. The van der Waals surface area contributed by atoms with E-state index in [1.807, 2.05) is 0 Å². The molecule has 2 nitrogen and oxygen atoms in total. The van der Waals surface area contributed by atoms with Crippen molar-refractivity contribution in [3.63, 3.8) is 0 Å². The molecule has 0 aromatic carbocycles. The van der Waals surface area contributed by atoms with E-state index in [0.717, 1.165) is 0 Å². The fourth-order valence-corrected chi connectivity index (χ4v) is 0.546. The second-order valence-corrected chi connectivity index (χ2v) is 1.82. The molecule has 0 aliphatic heterocycles. The fourth-order valence-electron chi connectivity index (χ4n) is 0.546. The number of pyridine rings is 1. The summed E-state index contributed by atoms with van der Waals surface area (Å²) in [5.41, 5.74) is 5.37. The molecule has 0 unspecified atom stereocenters. The average molecular weight is 181 g/mol. The van der Waals surface area contributed by atoms with Crippen LogP contribution in [-0.4, -0.2) is 4.98 Å². The molecule has 1 rings (SSSR count). The van der Waals surface area contributed by atoms with E-state index < -0.39 is 6.43 Å². The van der Waals surface area contributed by atoms with Crippen LogP contribution in [0.1, 0.15) is 12.1 Å². The molecule has 2 N–H and O–H groups in total. The van der Waals surface area contributed by atoms with E-state index in [4.69, 9.17) is 5.73 Å². The number of rotatable bonds is 1. The standard InChI is InChI=1S/C6H6F2N2.ClH/c7-6(8)5-2-1-4(9)3-10-5;/h1-3,6H,9H2;1H. The Hall–Kier alpha value is -0.900. The predicted octanol–water partition coefficient (Wildman–Crippen LogP) is 2.02. The number of halogens is 3. The molecule has 0 saturated carbocycles. The normalized spacial score (nSPS) is 9.36. The largest absolute Gasteiger partial charge is 0.397 e. The van der Waals surface area contributed by atoms with Crippen LogP contribution in [0.2, 0.25) is 0 Å². The maximum Gasteiger partial charge on any atom is 0.280 e. The fraction of sp³-hybridized carbons (Fsp3) is 0.167. The summed E-state index contributed by atoms with van der Waals surface area (Å²) < 4.78 is 23.6. The van der Waals surface area contributed by atoms with E-state index in [1.165, 1.54) is 18.3 Å². The number of hydrogen-bond acceptors (Lipinski definition) is 2. The molecule has 0 radical (unpaired) electrons. The van der Waals surface area contributed by atoms with Crippen LogP contribution in [0.25, 0.3) is 0 Å². The molecule has 0 fully saturated rings. The van der Waals surface area contributed by atoms with Gasteiger partial charge in [0.1, 0.15) is 5.69 Å². The second-order valence-electron chi connectivity index (χ2n) is 1.82. The van der Waals surface area contributed by atoms with Gasteiger partial charge in [0.25, 0.3) is 6.43 Å². The highest BCUT2D eigenvalue weighted by molar-refractivity contribution is 5.85. The zero-order valence-electron chi connectivity index (χ0n) is 5.50. The Morgan fingerprint density at radius 1 is 1.36 bits per heavy atom. The minimum absolute atomic E-state index is 0. The monoisotopic (exact) mass is 180 g/mol. The second kappa shape index (κ2) is 4.08. The molecule has 0 amide bonds. The number of hydrogen-bond donors (Lipinski definition) is 1. The van der Waals surface area contributed by atoms with Crippen LogP contribution < -0.4 is 5.73 Å². The molecule has 5 heteroatoms. The average Bonchev–Trinajstić information content (AvgIpc) is 1.88. The summed E-state index contributed by atoms with van der Waals surface area (Å²) in [6, 6.07) is 2.61. The number of alkyl halides is 2. The topological polar surface area (TPSA) is 38.9 Å². The highest BCUT2D eigenvalue weighted by Gasteiger charge is 2.06. The van der Waals surface area contributed by atoms with Gasteiger partial charge in [-0.1, -0.05) is 0 Å². The summed E-state index contributed by atoms with van der Waals surface area (Å²) in [5.74, 6) is 0. The van der Waals surface area contributed by atoms with Crippen LogP contribution in [0, 0.1) is 0 Å². The van der Waals surface area contributed by atoms with Crippen molar-refractivity contribution in [2.75, 3.05) is 5.73 Å². The molecule has 0 atom stereocenters. The van der Waals surface area contributed by atoms with E-state index in [2.05, 4.69) is 4.98 Å². The molecule has 0 spiro atoms. The Labute approximate surface area is 68.8 Å². The van der Waals surface area contributed by atoms with Crippen molar-refractivity contribution in [2.24, 2.45) is 0 Å². The Bertz CT molecular complexity index is 212. The third kappa shape index (κ3) is 2.67. The maximum atomic E-state index is 11.8. The Morgan fingerprint density at radius 2 is 2.00 bits per heavy atom. The molecule has 0 aliphatic rings. The van der Waals surface area contributed by atoms with Crippen LogP contribution in [0.15, 0.2) is 18.3 Å². The van der Waals surface area contributed by atoms with Crippen molar-refractivity contribution in [3.8, 4) is 0 Å². The minimum atomic E-state index is -2.51. The Kier molecular flexibility index (Phi) is 3.74. The van der Waals surface area contributed by atoms with Crippen molar-refractivity contribution >= 4 is 18.1 Å². The lowest BCUT2D eigenvalue weighted by Crippen LogP contribution is -1.91. The number of nitrogens with two attached hydrogens (primary N) is 1. The number of nitrogens with zero attached hydrogens (tertiary/aromatic N) is 1. The van der Waals surface area contributed by atoms with Gasteiger partial charge < -0.3 is 5.73 Å². The number of aromatic nitrogens is 1. The molecule has 1 aromatic rings. The van der Waals surface area contributed by atoms with E-state index in [-0.39, 0.29) is 18.1 Å². The summed E-state index contributed by atoms with van der Waals surface area (Å²) in [6.07, 6.45) is -1.30. The van der Waals surface area contributed by atoms with Gasteiger partial charge in [-0.3, -0.25) is 4.98 Å². The molecular weight excluding hydrogens is 174 g/mol. The lowest BCUT2D eigenvalue weighted by Gasteiger charge is -1.96. The third-order valence-corrected chi connectivity index (χ3v) is 1.03. The van der Waals surface area contributed by atoms with Crippen LogP contribution in [0.5, 0.6) is 0 Å². The van der Waals surface area contributed by atoms with Crippen LogP contribution in [0.3, 0.4) is 0 Å². The van der Waals surface area contributed by atoms with Crippen molar-refractivity contribution in [1.29, 1.82) is 0 Å². The van der Waals surface area contributed by atoms with Gasteiger partial charge in [-0.2, -0.15) is 0 Å². The summed E-state index contributed by atoms with van der Waals surface area (Å²) in [6.45, 7) is 0. The molecule has 62 valence electrons. The number of anilines is 1. The lowest BCUT2D eigenvalue weighted by molar-refractivity contribution is 0.146. The van der Waals surface area contributed by atoms with Crippen molar-refractivity contribution in [3.05, 3.63) is 24.0 Å². The van der Waals surface area contributed by atoms with Gasteiger partial charge in [-0.05, 0) is 12.1 Å². The summed E-state index contributed by atoms with van der Waals surface area (Å²) in [5, 5.41) is 0. The molecular formula is C6H7ClF2N2. The first kappa shape index (κ1) is 10.1. The van der Waals surface area contributed by atoms with E-state index in [1.54, 1.807) is 0 Å². The third-order valence-electron chi connectivity index (χ3n) is 1.03. The van der Waals surface area contributed by atoms with Gasteiger partial charge in [0.2, 0.25) is 0 Å². The molecule has 0 saturated heterocycles. The first-order chi connectivity index (χ1) is 4.70. The Balaban J connectivity index is 0.000001000. The summed E-state index contributed by atoms with van der Waals surface area (Å²) >= 11 is 0. The SMILES string of the molecule is Cl.Nc1ccc(C(F)F)nc1. The highest BCUT2D eigenvalue weighted by atomic mass is 35.5. The highest BCUT2D eigenvalue weighted by Crippen LogP contribution is 2.15. The van der Waals surface area contributed by atoms with Crippen molar-refractivity contribution < 1.29 is 8.78 Å². The van der Waals surface area contributed by atoms with Gasteiger partial charge in [0.15, 0.2) is 0 Å². The van der Waals surface area contributed by atoms with E-state index >= 15 is 0 Å². The maximum absolute atomic E-state index is 11.8. The van der Waals surface area contributed by atoms with Crippen LogP contribution >= 0.6 is 12.4 Å². The zero-order valence-corrected chi connectivity index (χ0v) is 6.31. The lowest BCUT2D eigenvalue weighted by atomic mass is 10.3. The van der Waals surface area contributed by atoms with Gasteiger partial charge in [-0.15, -0.1) is 12.4 Å². The zero-order chi connectivity index (χ0) is 7.56. The van der Waals surface area contributed by atoms with Crippen LogP contribution in [0.4, 0.5) is 14.5 Å². The van der Waals surface area contributed by atoms with E-state index in [9.17, 15) is 8.78 Å². The first-order valence-electron chi connectivity index (χ1n) is 2.69. The van der Waals surface area contributed by atoms with Gasteiger partial charge in [-0.25, -0.2) is 8.78 Å². The Morgan fingerprint density at radius 3 is 2.36 bits per heavy atom. The molecule has 1 aromatic heterocycles. The quantitative estimate of drug-likeness (QED) is 0.718. The van der Waals surface area contributed by atoms with Crippen LogP contribution in [-0.2, 0) is 0 Å². The van der Waals surface area contributed by atoms with Crippen molar-refractivity contribution in [2.45, 2.75) is 6.43 Å². The van der Waals surface area contributed by atoms with Gasteiger partial charge in [0, 0.05) is 0 Å². The summed E-state index contributed by atoms with van der Waals surface area (Å²) in [7, 11) is 0. The number of nitrogen functional groups attached to an aromatic ring is 1. The van der Waals surface area contributed by atoms with Crippen molar-refractivity contribution in [1.82, 2.24) is 4.98 Å². The molecule has 1 heterocycles. The molecule has 11 heavy (non-hydrogen) atoms. The smallest absolute Gasteiger partial charge is 0.280 e. The van der Waals surface area contributed by atoms with Gasteiger partial charge in [0.05, 0.1) is 11.9 Å². The minimum Gasteiger partial charge on any atom is -0.397 e. The molecule has 0 aliphatic carbocycles. The summed E-state index contributed by atoms with van der Waals surface area (Å²) in [4.78, 5) is 3.40. The van der Waals surface area contributed by atoms with E-state index in [0.29, 0.717) is 5.69 Å². The molecule has 0 bridgehead atoms. The van der Waals surface area contributed by atoms with Gasteiger partial charge >= 0.3 is 0 Å².